The molecule has 40 heavy (non-hydrogen) atoms. The van der Waals surface area contributed by atoms with Crippen LogP contribution in [0.15, 0.2) is 12.2 Å². The number of carbonyl (C=O) groups excluding carboxylic acids is 3. The maximum Gasteiger partial charge on any atom is 0.306 e. The highest BCUT2D eigenvalue weighted by Gasteiger charge is 2.41. The molecule has 0 unspecified atom stereocenters. The molecule has 0 aliphatic heterocycles. The Morgan fingerprint density at radius 3 is 2.17 bits per heavy atom. The topological polar surface area (TPSA) is 151 Å². The molecule has 0 aromatic rings. The highest BCUT2D eigenvalue weighted by Crippen LogP contribution is 2.36. The van der Waals surface area contributed by atoms with Crippen LogP contribution < -0.4 is 0 Å². The zero-order chi connectivity index (χ0) is 29.8. The van der Waals surface area contributed by atoms with E-state index in [2.05, 4.69) is 13.8 Å². The van der Waals surface area contributed by atoms with Gasteiger partial charge in [0.2, 0.25) is 0 Å². The number of rotatable bonds is 23. The number of ketones is 1. The van der Waals surface area contributed by atoms with Crippen LogP contribution in [0, 0.1) is 11.8 Å². The van der Waals surface area contributed by atoms with Gasteiger partial charge in [-0.05, 0) is 25.7 Å². The molecule has 1 rings (SSSR count). The molecule has 1 fully saturated rings. The van der Waals surface area contributed by atoms with E-state index in [1.54, 1.807) is 12.2 Å². The summed E-state index contributed by atoms with van der Waals surface area (Å²) in [7, 11) is 0. The lowest BCUT2D eigenvalue weighted by Gasteiger charge is -2.20. The highest BCUT2D eigenvalue weighted by atomic mass is 16.6. The Balaban J connectivity index is 2.30. The standard InChI is InChI=1S/C31H54O9/c1-3-5-7-8-10-16-31(38)40-25(21-32)22-39-30(37)15-12-11-14-24(34)19-27-26(28(35)20-29(27)36)18-17-23(33)13-9-6-4-2/h17-18,23,25-29,32-33,35-36H,3-16,19-22H2,1-2H3/b18-17+/t23-,25-,26+,27+,28+,29-/m0/s1. The zero-order valence-electron chi connectivity index (χ0n) is 24.7. The van der Waals surface area contributed by atoms with Crippen molar-refractivity contribution in [2.24, 2.45) is 11.8 Å². The van der Waals surface area contributed by atoms with Gasteiger partial charge in [-0.2, -0.15) is 0 Å². The summed E-state index contributed by atoms with van der Waals surface area (Å²) < 4.78 is 10.3. The van der Waals surface area contributed by atoms with E-state index in [0.717, 1.165) is 51.4 Å². The SMILES string of the molecule is CCCCCCCC(=O)O[C@@H](CO)COC(=O)CCCCC(=O)C[C@@H]1[C@@H](/C=C/[C@@H](O)CCCCC)[C@H](O)C[C@@H]1O. The average Bonchev–Trinajstić information content (AvgIpc) is 3.18. The smallest absolute Gasteiger partial charge is 0.306 e. The van der Waals surface area contributed by atoms with E-state index >= 15 is 0 Å². The number of hydrogen-bond acceptors (Lipinski definition) is 9. The van der Waals surface area contributed by atoms with Gasteiger partial charge in [-0.25, -0.2) is 0 Å². The molecule has 0 saturated heterocycles. The summed E-state index contributed by atoms with van der Waals surface area (Å²) in [5.74, 6) is -1.73. The molecule has 4 N–H and O–H groups in total. The van der Waals surface area contributed by atoms with E-state index in [-0.39, 0.29) is 50.4 Å². The molecular formula is C31H54O9. The largest absolute Gasteiger partial charge is 0.462 e. The number of ether oxygens (including phenoxy) is 2. The van der Waals surface area contributed by atoms with Crippen molar-refractivity contribution in [3.05, 3.63) is 12.2 Å². The maximum atomic E-state index is 12.6. The first-order chi connectivity index (χ1) is 19.2. The maximum absolute atomic E-state index is 12.6. The van der Waals surface area contributed by atoms with Gasteiger partial charge in [0.15, 0.2) is 6.10 Å². The van der Waals surface area contributed by atoms with E-state index in [1.165, 1.54) is 0 Å². The molecule has 1 aliphatic carbocycles. The van der Waals surface area contributed by atoms with Crippen LogP contribution in [0.4, 0.5) is 0 Å². The Morgan fingerprint density at radius 1 is 0.850 bits per heavy atom. The van der Waals surface area contributed by atoms with Gasteiger partial charge in [0.25, 0.3) is 0 Å². The molecule has 9 nitrogen and oxygen atoms in total. The van der Waals surface area contributed by atoms with Gasteiger partial charge >= 0.3 is 11.9 Å². The Morgan fingerprint density at radius 2 is 1.48 bits per heavy atom. The highest BCUT2D eigenvalue weighted by molar-refractivity contribution is 5.79. The van der Waals surface area contributed by atoms with Crippen LogP contribution in [0.2, 0.25) is 0 Å². The molecule has 232 valence electrons. The lowest BCUT2D eigenvalue weighted by molar-refractivity contribution is -0.161. The quantitative estimate of drug-likeness (QED) is 0.0806. The van der Waals surface area contributed by atoms with Crippen LogP contribution in [0.5, 0.6) is 0 Å². The Labute approximate surface area is 240 Å². The normalized spacial score (nSPS) is 22.4. The van der Waals surface area contributed by atoms with Crippen LogP contribution in [-0.2, 0) is 23.9 Å². The predicted molar refractivity (Wildman–Crippen MR) is 152 cm³/mol. The molecular weight excluding hydrogens is 516 g/mol. The summed E-state index contributed by atoms with van der Waals surface area (Å²) in [6.45, 7) is 3.58. The van der Waals surface area contributed by atoms with E-state index < -0.39 is 48.9 Å². The van der Waals surface area contributed by atoms with Gasteiger partial charge in [0, 0.05) is 43.9 Å². The minimum Gasteiger partial charge on any atom is -0.462 e. The van der Waals surface area contributed by atoms with Gasteiger partial charge < -0.3 is 29.9 Å². The lowest BCUT2D eigenvalue weighted by Crippen LogP contribution is -2.28. The molecule has 9 heteroatoms. The molecule has 0 heterocycles. The van der Waals surface area contributed by atoms with Gasteiger partial charge in [-0.3, -0.25) is 14.4 Å². The minimum absolute atomic E-state index is 0.0460. The predicted octanol–water partition coefficient (Wildman–Crippen LogP) is 4.17. The fourth-order valence-electron chi connectivity index (χ4n) is 5.08. The average molecular weight is 571 g/mol. The van der Waals surface area contributed by atoms with Crippen LogP contribution in [0.1, 0.15) is 117 Å². The third-order valence-electron chi connectivity index (χ3n) is 7.54. The van der Waals surface area contributed by atoms with Crippen LogP contribution >= 0.6 is 0 Å². The third kappa shape index (κ3) is 15.8. The fourth-order valence-corrected chi connectivity index (χ4v) is 5.08. The summed E-state index contributed by atoms with van der Waals surface area (Å²) in [5.41, 5.74) is 0. The van der Waals surface area contributed by atoms with Crippen molar-refractivity contribution < 1.29 is 44.3 Å². The molecule has 0 amide bonds. The Hall–Kier alpha value is -1.81. The van der Waals surface area contributed by atoms with E-state index in [9.17, 15) is 34.8 Å². The first-order valence-electron chi connectivity index (χ1n) is 15.4. The lowest BCUT2D eigenvalue weighted by atomic mass is 9.87. The van der Waals surface area contributed by atoms with Crippen molar-refractivity contribution in [2.75, 3.05) is 13.2 Å². The summed E-state index contributed by atoms with van der Waals surface area (Å²) in [6.07, 6.45) is 10.9. The first kappa shape index (κ1) is 36.2. The molecule has 0 bridgehead atoms. The van der Waals surface area contributed by atoms with Gasteiger partial charge in [0.1, 0.15) is 12.4 Å². The Bertz CT molecular complexity index is 738. The van der Waals surface area contributed by atoms with Crippen molar-refractivity contribution in [1.82, 2.24) is 0 Å². The number of esters is 2. The number of unbranched alkanes of at least 4 members (excludes halogenated alkanes) is 7. The third-order valence-corrected chi connectivity index (χ3v) is 7.54. The molecule has 0 aromatic heterocycles. The minimum atomic E-state index is -0.888. The molecule has 1 aliphatic rings. The summed E-state index contributed by atoms with van der Waals surface area (Å²) in [5, 5.41) is 40.3. The monoisotopic (exact) mass is 570 g/mol. The van der Waals surface area contributed by atoms with Crippen molar-refractivity contribution in [3.63, 3.8) is 0 Å². The van der Waals surface area contributed by atoms with Gasteiger partial charge in [-0.15, -0.1) is 0 Å². The van der Waals surface area contributed by atoms with Crippen molar-refractivity contribution in [2.45, 2.75) is 141 Å². The molecule has 0 radical (unpaired) electrons. The van der Waals surface area contributed by atoms with E-state index in [1.807, 2.05) is 0 Å². The second-order valence-electron chi connectivity index (χ2n) is 11.2. The van der Waals surface area contributed by atoms with Crippen LogP contribution in [0.3, 0.4) is 0 Å². The van der Waals surface area contributed by atoms with E-state index in [4.69, 9.17) is 9.47 Å². The summed E-state index contributed by atoms with van der Waals surface area (Å²) >= 11 is 0. The van der Waals surface area contributed by atoms with Crippen LogP contribution in [-0.4, -0.2) is 75.8 Å². The van der Waals surface area contributed by atoms with Crippen molar-refractivity contribution in [3.8, 4) is 0 Å². The van der Waals surface area contributed by atoms with Crippen LogP contribution in [0.25, 0.3) is 0 Å². The van der Waals surface area contributed by atoms with Crippen molar-refractivity contribution >= 4 is 17.7 Å². The number of carbonyl (C=O) groups is 3. The fraction of sp³-hybridized carbons (Fsp3) is 0.839. The van der Waals surface area contributed by atoms with E-state index in [0.29, 0.717) is 19.3 Å². The molecule has 0 spiro atoms. The Kier molecular flexibility index (Phi) is 19.8. The number of hydrogen-bond donors (Lipinski definition) is 4. The zero-order valence-corrected chi connectivity index (χ0v) is 24.7. The van der Waals surface area contributed by atoms with Crippen molar-refractivity contribution in [1.29, 1.82) is 0 Å². The number of aliphatic hydroxyl groups excluding tert-OH is 4. The van der Waals surface area contributed by atoms with Gasteiger partial charge in [0.05, 0.1) is 24.9 Å². The molecule has 0 aromatic carbocycles. The number of aliphatic hydroxyl groups is 4. The number of Topliss-reactive ketones (excluding diaryl/α,β-unsaturated/α-hetero) is 1. The second kappa shape index (κ2) is 21.9. The summed E-state index contributed by atoms with van der Waals surface area (Å²) in [4.78, 5) is 36.5. The molecule has 6 atom stereocenters. The van der Waals surface area contributed by atoms with Gasteiger partial charge in [-0.1, -0.05) is 70.9 Å². The second-order valence-corrected chi connectivity index (χ2v) is 11.2. The molecule has 1 saturated carbocycles. The summed E-state index contributed by atoms with van der Waals surface area (Å²) in [6, 6.07) is 0. The first-order valence-corrected chi connectivity index (χ1v) is 15.4.